The summed E-state index contributed by atoms with van der Waals surface area (Å²) in [7, 11) is -3.61. The van der Waals surface area contributed by atoms with Crippen LogP contribution in [-0.2, 0) is 10.0 Å². The molecule has 1 atom stereocenters. The minimum atomic E-state index is -3.61. The number of hydrogen-bond acceptors (Lipinski definition) is 2. The molecule has 2 aromatic carbocycles. The van der Waals surface area contributed by atoms with E-state index in [0.717, 1.165) is 18.4 Å². The van der Waals surface area contributed by atoms with Crippen LogP contribution in [0.5, 0.6) is 0 Å². The number of benzene rings is 2. The second-order valence-electron chi connectivity index (χ2n) is 5.28. The van der Waals surface area contributed by atoms with Gasteiger partial charge in [0.05, 0.1) is 10.9 Å². The first-order valence-electron chi connectivity index (χ1n) is 7.01. The lowest BCUT2D eigenvalue weighted by molar-refractivity contribution is 0.396. The van der Waals surface area contributed by atoms with E-state index in [9.17, 15) is 12.8 Å². The molecule has 116 valence electrons. The lowest BCUT2D eigenvalue weighted by Gasteiger charge is -2.24. The van der Waals surface area contributed by atoms with Crippen molar-refractivity contribution in [3.63, 3.8) is 0 Å². The summed E-state index contributed by atoms with van der Waals surface area (Å²) in [5.41, 5.74) is 0.810. The maximum atomic E-state index is 13.1. The zero-order chi connectivity index (χ0) is 15.7. The summed E-state index contributed by atoms with van der Waals surface area (Å²) < 4.78 is 40.2. The highest BCUT2D eigenvalue weighted by molar-refractivity contribution is 7.89. The van der Waals surface area contributed by atoms with Gasteiger partial charge in [-0.2, -0.15) is 4.31 Å². The van der Waals surface area contributed by atoms with Gasteiger partial charge in [0.25, 0.3) is 0 Å². The Morgan fingerprint density at radius 3 is 2.55 bits per heavy atom. The Kier molecular flexibility index (Phi) is 4.21. The van der Waals surface area contributed by atoms with Crippen molar-refractivity contribution in [1.82, 2.24) is 4.31 Å². The van der Waals surface area contributed by atoms with Crippen LogP contribution in [0.4, 0.5) is 4.39 Å². The highest BCUT2D eigenvalue weighted by Crippen LogP contribution is 2.36. The summed E-state index contributed by atoms with van der Waals surface area (Å²) in [6.07, 6.45) is 1.51. The largest absolute Gasteiger partial charge is 0.243 e. The minimum absolute atomic E-state index is 0.189. The lowest BCUT2D eigenvalue weighted by Crippen LogP contribution is -2.30. The Bertz CT molecular complexity index is 777. The summed E-state index contributed by atoms with van der Waals surface area (Å²) >= 11 is 5.90. The SMILES string of the molecule is O=S(=O)(c1cccc(Cl)c1)N1CCCC1c1ccc(F)cc1. The van der Waals surface area contributed by atoms with Crippen LogP contribution in [0, 0.1) is 5.82 Å². The Balaban J connectivity index is 1.97. The number of hydrogen-bond donors (Lipinski definition) is 0. The average molecular weight is 340 g/mol. The second-order valence-corrected chi connectivity index (χ2v) is 7.61. The molecule has 2 aromatic rings. The molecular weight excluding hydrogens is 325 g/mol. The second kappa shape index (κ2) is 5.99. The molecule has 0 N–H and O–H groups in total. The van der Waals surface area contributed by atoms with E-state index in [4.69, 9.17) is 11.6 Å². The molecule has 0 amide bonds. The van der Waals surface area contributed by atoms with Gasteiger partial charge in [0, 0.05) is 11.6 Å². The molecule has 0 aromatic heterocycles. The molecule has 1 aliphatic heterocycles. The van der Waals surface area contributed by atoms with Crippen molar-refractivity contribution in [2.24, 2.45) is 0 Å². The van der Waals surface area contributed by atoms with Gasteiger partial charge in [0.1, 0.15) is 5.82 Å². The molecule has 22 heavy (non-hydrogen) atoms. The van der Waals surface area contributed by atoms with E-state index < -0.39 is 10.0 Å². The zero-order valence-electron chi connectivity index (χ0n) is 11.7. The Morgan fingerprint density at radius 2 is 1.86 bits per heavy atom. The molecular formula is C16H15ClFNO2S. The molecule has 3 rings (SSSR count). The fourth-order valence-corrected chi connectivity index (χ4v) is 4.79. The lowest BCUT2D eigenvalue weighted by atomic mass is 10.1. The maximum absolute atomic E-state index is 13.1. The Labute approximate surface area is 134 Å². The number of sulfonamides is 1. The van der Waals surface area contributed by atoms with Crippen molar-refractivity contribution in [3.05, 3.63) is 64.9 Å². The maximum Gasteiger partial charge on any atom is 0.243 e. The van der Waals surface area contributed by atoms with Crippen molar-refractivity contribution < 1.29 is 12.8 Å². The molecule has 0 spiro atoms. The molecule has 1 aliphatic rings. The van der Waals surface area contributed by atoms with E-state index >= 15 is 0 Å². The highest BCUT2D eigenvalue weighted by atomic mass is 35.5. The predicted molar refractivity (Wildman–Crippen MR) is 83.7 cm³/mol. The van der Waals surface area contributed by atoms with E-state index in [2.05, 4.69) is 0 Å². The first-order valence-corrected chi connectivity index (χ1v) is 8.83. The van der Waals surface area contributed by atoms with Gasteiger partial charge in [-0.15, -0.1) is 0 Å². The van der Waals surface area contributed by atoms with Crippen molar-refractivity contribution >= 4 is 21.6 Å². The van der Waals surface area contributed by atoms with Crippen molar-refractivity contribution in [3.8, 4) is 0 Å². The van der Waals surface area contributed by atoms with E-state index in [1.807, 2.05) is 0 Å². The normalized spacial score (nSPS) is 19.5. The van der Waals surface area contributed by atoms with E-state index in [1.54, 1.807) is 30.3 Å². The van der Waals surface area contributed by atoms with Crippen LogP contribution < -0.4 is 0 Å². The van der Waals surface area contributed by atoms with Crippen molar-refractivity contribution in [1.29, 1.82) is 0 Å². The van der Waals surface area contributed by atoms with Gasteiger partial charge in [0.2, 0.25) is 10.0 Å². The molecule has 1 saturated heterocycles. The van der Waals surface area contributed by atoms with Gasteiger partial charge < -0.3 is 0 Å². The zero-order valence-corrected chi connectivity index (χ0v) is 13.3. The fraction of sp³-hybridized carbons (Fsp3) is 0.250. The van der Waals surface area contributed by atoms with Gasteiger partial charge in [-0.3, -0.25) is 0 Å². The number of halogens is 2. The monoisotopic (exact) mass is 339 g/mol. The standard InChI is InChI=1S/C16H15ClFNO2S/c17-13-3-1-4-15(11-13)22(20,21)19-10-2-5-16(19)12-6-8-14(18)9-7-12/h1,3-4,6-9,11,16H,2,5,10H2. The summed E-state index contributed by atoms with van der Waals surface area (Å²) in [5, 5.41) is 0.388. The third kappa shape index (κ3) is 2.89. The van der Waals surface area contributed by atoms with E-state index in [1.165, 1.54) is 22.5 Å². The van der Waals surface area contributed by atoms with Crippen LogP contribution >= 0.6 is 11.6 Å². The summed E-state index contributed by atoms with van der Waals surface area (Å²) in [6.45, 7) is 0.455. The summed E-state index contributed by atoms with van der Waals surface area (Å²) in [6, 6.07) is 12.0. The molecule has 1 fully saturated rings. The molecule has 0 aliphatic carbocycles. The molecule has 0 saturated carbocycles. The van der Waals surface area contributed by atoms with Gasteiger partial charge in [-0.25, -0.2) is 12.8 Å². The first kappa shape index (κ1) is 15.5. The van der Waals surface area contributed by atoms with Crippen LogP contribution in [0.3, 0.4) is 0 Å². The Hall–Kier alpha value is -1.43. The molecule has 3 nitrogen and oxygen atoms in total. The van der Waals surface area contributed by atoms with Crippen LogP contribution in [0.1, 0.15) is 24.4 Å². The van der Waals surface area contributed by atoms with Crippen LogP contribution in [0.2, 0.25) is 5.02 Å². The number of rotatable bonds is 3. The van der Waals surface area contributed by atoms with Crippen LogP contribution in [0.25, 0.3) is 0 Å². The fourth-order valence-electron chi connectivity index (χ4n) is 2.81. The van der Waals surface area contributed by atoms with Gasteiger partial charge >= 0.3 is 0 Å². The highest BCUT2D eigenvalue weighted by Gasteiger charge is 2.36. The minimum Gasteiger partial charge on any atom is -0.207 e. The van der Waals surface area contributed by atoms with Crippen LogP contribution in [0.15, 0.2) is 53.4 Å². The van der Waals surface area contributed by atoms with Crippen molar-refractivity contribution in [2.75, 3.05) is 6.54 Å². The van der Waals surface area contributed by atoms with E-state index in [0.29, 0.717) is 11.6 Å². The first-order chi connectivity index (χ1) is 10.5. The average Bonchev–Trinajstić information content (AvgIpc) is 2.98. The summed E-state index contributed by atoms with van der Waals surface area (Å²) in [5.74, 6) is -0.328. The smallest absolute Gasteiger partial charge is 0.207 e. The quantitative estimate of drug-likeness (QED) is 0.847. The van der Waals surface area contributed by atoms with Gasteiger partial charge in [0.15, 0.2) is 0 Å². The van der Waals surface area contributed by atoms with Crippen LogP contribution in [-0.4, -0.2) is 19.3 Å². The molecule has 0 bridgehead atoms. The van der Waals surface area contributed by atoms with Gasteiger partial charge in [-0.05, 0) is 48.7 Å². The number of nitrogens with zero attached hydrogens (tertiary/aromatic N) is 1. The third-order valence-corrected chi connectivity index (χ3v) is 6.00. The molecule has 0 radical (unpaired) electrons. The third-order valence-electron chi connectivity index (χ3n) is 3.86. The predicted octanol–water partition coefficient (Wildman–Crippen LogP) is 4.00. The van der Waals surface area contributed by atoms with Gasteiger partial charge in [-0.1, -0.05) is 29.8 Å². The topological polar surface area (TPSA) is 37.4 Å². The van der Waals surface area contributed by atoms with E-state index in [-0.39, 0.29) is 16.8 Å². The summed E-state index contributed by atoms with van der Waals surface area (Å²) in [4.78, 5) is 0.189. The molecule has 1 unspecified atom stereocenters. The van der Waals surface area contributed by atoms with Crippen molar-refractivity contribution in [2.45, 2.75) is 23.8 Å². The molecule has 1 heterocycles. The molecule has 6 heteroatoms. The Morgan fingerprint density at radius 1 is 1.14 bits per heavy atom.